The van der Waals surface area contributed by atoms with E-state index in [0.29, 0.717) is 17.9 Å². The van der Waals surface area contributed by atoms with Crippen LogP contribution in [0.3, 0.4) is 0 Å². The molecule has 0 fully saturated rings. The van der Waals surface area contributed by atoms with E-state index in [2.05, 4.69) is 0 Å². The van der Waals surface area contributed by atoms with Gasteiger partial charge in [-0.2, -0.15) is 0 Å². The molecular formula is C17H18N2O2. The summed E-state index contributed by atoms with van der Waals surface area (Å²) in [6, 6.07) is 13.9. The van der Waals surface area contributed by atoms with Crippen LogP contribution in [0.1, 0.15) is 12.5 Å². The number of rotatable bonds is 4. The van der Waals surface area contributed by atoms with E-state index in [9.17, 15) is 9.90 Å². The highest BCUT2D eigenvalue weighted by Gasteiger charge is 2.11. The van der Waals surface area contributed by atoms with Crippen LogP contribution < -0.4 is 10.6 Å². The highest BCUT2D eigenvalue weighted by Crippen LogP contribution is 2.20. The molecule has 0 bridgehead atoms. The molecule has 0 aliphatic rings. The number of anilines is 2. The van der Waals surface area contributed by atoms with Crippen LogP contribution in [0.15, 0.2) is 54.6 Å². The number of phenolic OH excluding ortho intramolecular Hbond substituents is 1. The monoisotopic (exact) mass is 282 g/mol. The van der Waals surface area contributed by atoms with Crippen molar-refractivity contribution in [2.45, 2.75) is 6.92 Å². The molecule has 2 aromatic carbocycles. The van der Waals surface area contributed by atoms with Gasteiger partial charge in [0.25, 0.3) is 5.91 Å². The number of carbonyl (C=O) groups excluding carboxylic acids is 1. The zero-order valence-electron chi connectivity index (χ0n) is 11.9. The van der Waals surface area contributed by atoms with Gasteiger partial charge in [0, 0.05) is 30.1 Å². The Morgan fingerprint density at radius 1 is 1.24 bits per heavy atom. The highest BCUT2D eigenvalue weighted by molar-refractivity contribution is 6.03. The van der Waals surface area contributed by atoms with Crippen LogP contribution in [0.25, 0.3) is 6.08 Å². The van der Waals surface area contributed by atoms with E-state index in [4.69, 9.17) is 5.73 Å². The van der Waals surface area contributed by atoms with Crippen LogP contribution in [0.4, 0.5) is 11.4 Å². The Bertz CT molecular complexity index is 648. The van der Waals surface area contributed by atoms with Crippen LogP contribution in [-0.2, 0) is 4.79 Å². The molecule has 0 aromatic heterocycles. The fourth-order valence-corrected chi connectivity index (χ4v) is 1.99. The Labute approximate surface area is 124 Å². The number of aromatic hydroxyl groups is 1. The first-order valence-electron chi connectivity index (χ1n) is 6.74. The summed E-state index contributed by atoms with van der Waals surface area (Å²) in [5.41, 5.74) is 7.89. The number of carbonyl (C=O) groups is 1. The van der Waals surface area contributed by atoms with Gasteiger partial charge in [-0.1, -0.05) is 18.2 Å². The molecule has 4 heteroatoms. The van der Waals surface area contributed by atoms with Crippen molar-refractivity contribution in [3.05, 3.63) is 60.2 Å². The average Bonchev–Trinajstić information content (AvgIpc) is 2.47. The van der Waals surface area contributed by atoms with Gasteiger partial charge >= 0.3 is 0 Å². The van der Waals surface area contributed by atoms with Gasteiger partial charge in [0.15, 0.2) is 0 Å². The number of hydrogen-bond donors (Lipinski definition) is 2. The second-order valence-electron chi connectivity index (χ2n) is 4.60. The molecule has 0 radical (unpaired) electrons. The topological polar surface area (TPSA) is 66.6 Å². The van der Waals surface area contributed by atoms with E-state index in [-0.39, 0.29) is 11.7 Å². The zero-order chi connectivity index (χ0) is 15.2. The van der Waals surface area contributed by atoms with Gasteiger partial charge in [-0.3, -0.25) is 4.79 Å². The molecule has 0 aliphatic carbocycles. The Balaban J connectivity index is 2.15. The molecule has 0 aliphatic heterocycles. The van der Waals surface area contributed by atoms with E-state index >= 15 is 0 Å². The summed E-state index contributed by atoms with van der Waals surface area (Å²) >= 11 is 0. The van der Waals surface area contributed by atoms with Gasteiger partial charge in [-0.05, 0) is 42.8 Å². The maximum atomic E-state index is 12.3. The Morgan fingerprint density at radius 3 is 2.57 bits per heavy atom. The fraction of sp³-hybridized carbons (Fsp3) is 0.118. The minimum Gasteiger partial charge on any atom is -0.508 e. The summed E-state index contributed by atoms with van der Waals surface area (Å²) in [5, 5.41) is 9.51. The SMILES string of the molecule is CCN(C(=O)/C=C/c1ccc(N)cc1)c1cccc(O)c1. The normalized spacial score (nSPS) is 10.7. The van der Waals surface area contributed by atoms with Crippen molar-refractivity contribution in [3.63, 3.8) is 0 Å². The van der Waals surface area contributed by atoms with Gasteiger partial charge in [-0.25, -0.2) is 0 Å². The first-order valence-corrected chi connectivity index (χ1v) is 6.74. The van der Waals surface area contributed by atoms with Crippen LogP contribution >= 0.6 is 0 Å². The second-order valence-corrected chi connectivity index (χ2v) is 4.60. The van der Waals surface area contributed by atoms with E-state index in [0.717, 1.165) is 5.56 Å². The first kappa shape index (κ1) is 14.7. The van der Waals surface area contributed by atoms with Crippen molar-refractivity contribution >= 4 is 23.4 Å². The summed E-state index contributed by atoms with van der Waals surface area (Å²) < 4.78 is 0. The number of hydrogen-bond acceptors (Lipinski definition) is 3. The Hall–Kier alpha value is -2.75. The summed E-state index contributed by atoms with van der Waals surface area (Å²) in [6.45, 7) is 2.41. The predicted molar refractivity (Wildman–Crippen MR) is 86.0 cm³/mol. The maximum absolute atomic E-state index is 12.3. The lowest BCUT2D eigenvalue weighted by Gasteiger charge is -2.19. The van der Waals surface area contributed by atoms with Crippen molar-refractivity contribution < 1.29 is 9.90 Å². The molecule has 108 valence electrons. The number of nitrogen functional groups attached to an aromatic ring is 1. The molecular weight excluding hydrogens is 264 g/mol. The number of amides is 1. The summed E-state index contributed by atoms with van der Waals surface area (Å²) in [7, 11) is 0. The van der Waals surface area contributed by atoms with E-state index in [1.807, 2.05) is 19.1 Å². The molecule has 0 spiro atoms. The number of nitrogens with zero attached hydrogens (tertiary/aromatic N) is 1. The standard InChI is InChI=1S/C17H18N2O2/c1-2-19(15-4-3-5-16(20)12-15)17(21)11-8-13-6-9-14(18)10-7-13/h3-12,20H,2,18H2,1H3/b11-8+. The van der Waals surface area contributed by atoms with Gasteiger partial charge in [0.1, 0.15) is 5.75 Å². The molecule has 0 heterocycles. The number of likely N-dealkylation sites (N-methyl/N-ethyl adjacent to an activating group) is 1. The second kappa shape index (κ2) is 6.61. The van der Waals surface area contributed by atoms with Crippen molar-refractivity contribution in [1.29, 1.82) is 0 Å². The quantitative estimate of drug-likeness (QED) is 0.669. The van der Waals surface area contributed by atoms with Crippen LogP contribution in [-0.4, -0.2) is 17.6 Å². The van der Waals surface area contributed by atoms with Gasteiger partial charge in [0.2, 0.25) is 0 Å². The van der Waals surface area contributed by atoms with Crippen molar-refractivity contribution in [2.75, 3.05) is 17.2 Å². The van der Waals surface area contributed by atoms with Gasteiger partial charge in [0.05, 0.1) is 0 Å². The smallest absolute Gasteiger partial charge is 0.250 e. The lowest BCUT2D eigenvalue weighted by molar-refractivity contribution is -0.114. The molecule has 2 aromatic rings. The van der Waals surface area contributed by atoms with Crippen LogP contribution in [0, 0.1) is 0 Å². The third-order valence-corrected chi connectivity index (χ3v) is 3.08. The number of benzene rings is 2. The molecule has 0 saturated heterocycles. The molecule has 2 rings (SSSR count). The van der Waals surface area contributed by atoms with E-state index in [1.54, 1.807) is 47.4 Å². The van der Waals surface area contributed by atoms with Crippen molar-refractivity contribution in [1.82, 2.24) is 0 Å². The largest absolute Gasteiger partial charge is 0.508 e. The maximum Gasteiger partial charge on any atom is 0.250 e. The lowest BCUT2D eigenvalue weighted by Crippen LogP contribution is -2.28. The predicted octanol–water partition coefficient (Wildman–Crippen LogP) is 3.04. The molecule has 0 atom stereocenters. The molecule has 0 saturated carbocycles. The number of nitrogens with two attached hydrogens (primary N) is 1. The molecule has 1 amide bonds. The first-order chi connectivity index (χ1) is 10.1. The van der Waals surface area contributed by atoms with Crippen LogP contribution in [0.2, 0.25) is 0 Å². The van der Waals surface area contributed by atoms with E-state index < -0.39 is 0 Å². The van der Waals surface area contributed by atoms with Gasteiger partial charge < -0.3 is 15.7 Å². The highest BCUT2D eigenvalue weighted by atomic mass is 16.3. The van der Waals surface area contributed by atoms with Gasteiger partial charge in [-0.15, -0.1) is 0 Å². The average molecular weight is 282 g/mol. The summed E-state index contributed by atoms with van der Waals surface area (Å²) in [6.07, 6.45) is 3.26. The third kappa shape index (κ3) is 3.86. The summed E-state index contributed by atoms with van der Waals surface area (Å²) in [4.78, 5) is 13.8. The minimum absolute atomic E-state index is 0.139. The van der Waals surface area contributed by atoms with Crippen LogP contribution in [0.5, 0.6) is 5.75 Å². The molecule has 4 nitrogen and oxygen atoms in total. The third-order valence-electron chi connectivity index (χ3n) is 3.08. The van der Waals surface area contributed by atoms with Crippen molar-refractivity contribution in [2.24, 2.45) is 0 Å². The Morgan fingerprint density at radius 2 is 1.95 bits per heavy atom. The lowest BCUT2D eigenvalue weighted by atomic mass is 10.2. The zero-order valence-corrected chi connectivity index (χ0v) is 11.9. The fourth-order valence-electron chi connectivity index (χ4n) is 1.99. The summed E-state index contributed by atoms with van der Waals surface area (Å²) in [5.74, 6) is 0.00110. The van der Waals surface area contributed by atoms with E-state index in [1.165, 1.54) is 6.08 Å². The number of phenols is 1. The molecule has 3 N–H and O–H groups in total. The Kier molecular flexibility index (Phi) is 4.61. The molecule has 21 heavy (non-hydrogen) atoms. The minimum atomic E-state index is -0.139. The molecule has 0 unspecified atom stereocenters. The van der Waals surface area contributed by atoms with Crippen molar-refractivity contribution in [3.8, 4) is 5.75 Å².